The molecule has 3 rings (SSSR count). The Bertz CT molecular complexity index is 569. The molecule has 0 radical (unpaired) electrons. The van der Waals surface area contributed by atoms with Crippen molar-refractivity contribution >= 4 is 16.7 Å². The summed E-state index contributed by atoms with van der Waals surface area (Å²) < 4.78 is 11.4. The Hall–Kier alpha value is -1.20. The monoisotopic (exact) mass is 334 g/mol. The Morgan fingerprint density at radius 3 is 2.52 bits per heavy atom. The molecular formula is C18H26N2O2S. The molecule has 5 heteroatoms. The van der Waals surface area contributed by atoms with Crippen LogP contribution >= 0.6 is 0 Å². The minimum Gasteiger partial charge on any atom is -0.353 e. The molecule has 4 nitrogen and oxygen atoms in total. The minimum absolute atomic E-state index is 0.173. The smallest absolute Gasteiger partial charge is 0.223 e. The molecule has 2 saturated carbocycles. The Labute approximate surface area is 140 Å². The third-order valence-electron chi connectivity index (χ3n) is 4.82. The van der Waals surface area contributed by atoms with Gasteiger partial charge in [0.2, 0.25) is 5.91 Å². The topological polar surface area (TPSA) is 58.2 Å². The van der Waals surface area contributed by atoms with E-state index in [1.807, 2.05) is 24.3 Å². The number of benzene rings is 1. The van der Waals surface area contributed by atoms with Crippen LogP contribution in [0.3, 0.4) is 0 Å². The predicted molar refractivity (Wildman–Crippen MR) is 92.5 cm³/mol. The van der Waals surface area contributed by atoms with Crippen LogP contribution in [-0.2, 0) is 22.1 Å². The molecule has 2 aliphatic carbocycles. The molecule has 0 spiro atoms. The molecule has 0 aromatic heterocycles. The van der Waals surface area contributed by atoms with E-state index in [1.54, 1.807) is 6.26 Å². The highest BCUT2D eigenvalue weighted by Crippen LogP contribution is 2.27. The molecule has 1 aromatic carbocycles. The maximum Gasteiger partial charge on any atom is 0.223 e. The highest BCUT2D eigenvalue weighted by Gasteiger charge is 2.30. The second-order valence-electron chi connectivity index (χ2n) is 6.82. The van der Waals surface area contributed by atoms with Crippen molar-refractivity contribution in [1.29, 1.82) is 0 Å². The highest BCUT2D eigenvalue weighted by atomic mass is 32.2. The third-order valence-corrected chi connectivity index (χ3v) is 5.75. The molecule has 1 amide bonds. The first-order valence-corrected chi connectivity index (χ1v) is 10.1. The lowest BCUT2D eigenvalue weighted by Crippen LogP contribution is -2.40. The Balaban J connectivity index is 1.47. The number of carbonyl (C=O) groups is 1. The van der Waals surface area contributed by atoms with Crippen LogP contribution < -0.4 is 10.6 Å². The van der Waals surface area contributed by atoms with Gasteiger partial charge in [-0.25, -0.2) is 0 Å². The largest absolute Gasteiger partial charge is 0.353 e. The van der Waals surface area contributed by atoms with Gasteiger partial charge < -0.3 is 10.6 Å². The number of hydrogen-bond acceptors (Lipinski definition) is 3. The number of rotatable bonds is 6. The van der Waals surface area contributed by atoms with Gasteiger partial charge in [0.25, 0.3) is 0 Å². The standard InChI is InChI=1S/C18H26N2O2S/c1-23(22)17-9-5-13(6-10-17)12-19-16-4-2-3-14(11-16)18(21)20-15-7-8-15/h5-6,9-10,14-16,19H,2-4,7-8,11-12H2,1H3,(H,20,21)/t14-,16+,23+/m0/s1. The maximum atomic E-state index is 12.2. The summed E-state index contributed by atoms with van der Waals surface area (Å²) in [4.78, 5) is 13.1. The van der Waals surface area contributed by atoms with E-state index in [0.717, 1.165) is 50.0 Å². The number of carbonyl (C=O) groups excluding carboxylic acids is 1. The molecule has 1 aromatic rings. The van der Waals surface area contributed by atoms with E-state index in [9.17, 15) is 9.00 Å². The first-order chi connectivity index (χ1) is 11.1. The van der Waals surface area contributed by atoms with E-state index in [2.05, 4.69) is 10.6 Å². The van der Waals surface area contributed by atoms with Gasteiger partial charge in [-0.15, -0.1) is 0 Å². The summed E-state index contributed by atoms with van der Waals surface area (Å²) in [5.74, 6) is 0.431. The van der Waals surface area contributed by atoms with Crippen molar-refractivity contribution in [3.63, 3.8) is 0 Å². The van der Waals surface area contributed by atoms with Crippen molar-refractivity contribution in [2.24, 2.45) is 5.92 Å². The second-order valence-corrected chi connectivity index (χ2v) is 8.20. The summed E-state index contributed by atoms with van der Waals surface area (Å²) in [7, 11) is -0.920. The summed E-state index contributed by atoms with van der Waals surface area (Å²) in [5.41, 5.74) is 1.20. The van der Waals surface area contributed by atoms with Crippen LogP contribution in [-0.4, -0.2) is 28.5 Å². The molecule has 126 valence electrons. The zero-order chi connectivity index (χ0) is 16.2. The van der Waals surface area contributed by atoms with Crippen LogP contribution in [0.15, 0.2) is 29.2 Å². The van der Waals surface area contributed by atoms with Crippen molar-refractivity contribution in [3.8, 4) is 0 Å². The van der Waals surface area contributed by atoms with Gasteiger partial charge in [0.05, 0.1) is 0 Å². The molecule has 0 aliphatic heterocycles. The van der Waals surface area contributed by atoms with Crippen LogP contribution in [0.1, 0.15) is 44.1 Å². The van der Waals surface area contributed by atoms with Gasteiger partial charge in [0.1, 0.15) is 0 Å². The van der Waals surface area contributed by atoms with Gasteiger partial charge in [0, 0.05) is 46.5 Å². The number of amides is 1. The molecule has 2 N–H and O–H groups in total. The van der Waals surface area contributed by atoms with Crippen LogP contribution in [0, 0.1) is 5.92 Å². The Morgan fingerprint density at radius 1 is 1.13 bits per heavy atom. The Morgan fingerprint density at radius 2 is 1.87 bits per heavy atom. The molecule has 23 heavy (non-hydrogen) atoms. The molecular weight excluding hydrogens is 308 g/mol. The normalized spacial score (nSPS) is 25.8. The van der Waals surface area contributed by atoms with E-state index in [-0.39, 0.29) is 11.8 Å². The van der Waals surface area contributed by atoms with Gasteiger partial charge in [-0.1, -0.05) is 18.6 Å². The van der Waals surface area contributed by atoms with Gasteiger partial charge in [-0.05, 0) is 49.8 Å². The molecule has 2 fully saturated rings. The van der Waals surface area contributed by atoms with Crippen LogP contribution in [0.25, 0.3) is 0 Å². The molecule has 2 aliphatic rings. The van der Waals surface area contributed by atoms with Crippen molar-refractivity contribution < 1.29 is 9.00 Å². The van der Waals surface area contributed by atoms with Crippen molar-refractivity contribution in [3.05, 3.63) is 29.8 Å². The van der Waals surface area contributed by atoms with Gasteiger partial charge in [0.15, 0.2) is 0 Å². The lowest BCUT2D eigenvalue weighted by molar-refractivity contribution is -0.126. The fourth-order valence-corrected chi connectivity index (χ4v) is 3.74. The summed E-state index contributed by atoms with van der Waals surface area (Å²) in [6.07, 6.45) is 8.22. The van der Waals surface area contributed by atoms with Gasteiger partial charge >= 0.3 is 0 Å². The quantitative estimate of drug-likeness (QED) is 0.839. The van der Waals surface area contributed by atoms with E-state index >= 15 is 0 Å². The average molecular weight is 334 g/mol. The fraction of sp³-hybridized carbons (Fsp3) is 0.611. The summed E-state index contributed by atoms with van der Waals surface area (Å²) in [6, 6.07) is 8.80. The second kappa shape index (κ2) is 7.58. The van der Waals surface area contributed by atoms with E-state index in [4.69, 9.17) is 0 Å². The van der Waals surface area contributed by atoms with Crippen molar-refractivity contribution in [1.82, 2.24) is 10.6 Å². The van der Waals surface area contributed by atoms with Gasteiger partial charge in [-0.2, -0.15) is 0 Å². The number of hydrogen-bond donors (Lipinski definition) is 2. The molecule has 3 atom stereocenters. The van der Waals surface area contributed by atoms with Crippen LogP contribution in [0.4, 0.5) is 0 Å². The first kappa shape index (κ1) is 16.7. The van der Waals surface area contributed by atoms with Crippen LogP contribution in [0.2, 0.25) is 0 Å². The highest BCUT2D eigenvalue weighted by molar-refractivity contribution is 7.84. The van der Waals surface area contributed by atoms with E-state index in [0.29, 0.717) is 12.1 Å². The van der Waals surface area contributed by atoms with Crippen molar-refractivity contribution in [2.45, 2.75) is 62.0 Å². The van der Waals surface area contributed by atoms with Gasteiger partial charge in [-0.3, -0.25) is 9.00 Å². The Kier molecular flexibility index (Phi) is 5.49. The van der Waals surface area contributed by atoms with E-state index < -0.39 is 10.8 Å². The fourth-order valence-electron chi connectivity index (χ4n) is 3.22. The maximum absolute atomic E-state index is 12.2. The van der Waals surface area contributed by atoms with Crippen molar-refractivity contribution in [2.75, 3.05) is 6.26 Å². The molecule has 0 unspecified atom stereocenters. The summed E-state index contributed by atoms with van der Waals surface area (Å²) >= 11 is 0. The SMILES string of the molecule is C[S@@](=O)c1ccc(CN[C@@H]2CCC[C@H](C(=O)NC3CC3)C2)cc1. The zero-order valence-corrected chi connectivity index (χ0v) is 14.5. The zero-order valence-electron chi connectivity index (χ0n) is 13.7. The van der Waals surface area contributed by atoms with E-state index in [1.165, 1.54) is 5.56 Å². The average Bonchev–Trinajstić information content (AvgIpc) is 3.37. The minimum atomic E-state index is -0.920. The first-order valence-electron chi connectivity index (χ1n) is 8.58. The predicted octanol–water partition coefficient (Wildman–Crippen LogP) is 2.35. The molecule has 0 saturated heterocycles. The van der Waals surface area contributed by atoms with Crippen LogP contribution in [0.5, 0.6) is 0 Å². The third kappa shape index (κ3) is 4.88. The number of nitrogens with one attached hydrogen (secondary N) is 2. The summed E-state index contributed by atoms with van der Waals surface area (Å²) in [5, 5.41) is 6.72. The summed E-state index contributed by atoms with van der Waals surface area (Å²) in [6.45, 7) is 0.804. The lowest BCUT2D eigenvalue weighted by Gasteiger charge is -2.29. The lowest BCUT2D eigenvalue weighted by atomic mass is 9.85. The molecule has 0 heterocycles. The molecule has 0 bridgehead atoms.